The number of hydrogen-bond donors (Lipinski definition) is 0. The van der Waals surface area contributed by atoms with Crippen LogP contribution in [-0.2, 0) is 4.79 Å². The minimum Gasteiger partial charge on any atom is -0.296 e. The van der Waals surface area contributed by atoms with E-state index < -0.39 is 5.92 Å². The van der Waals surface area contributed by atoms with Crippen molar-refractivity contribution in [3.8, 4) is 6.07 Å². The number of nitriles is 1. The topological polar surface area (TPSA) is 44.1 Å². The van der Waals surface area contributed by atoms with Crippen molar-refractivity contribution in [2.24, 2.45) is 0 Å². The summed E-state index contributed by atoms with van der Waals surface area (Å²) in [5.74, 6) is -0.597. The zero-order chi connectivity index (χ0) is 13.5. The molecule has 1 atom stereocenters. The Morgan fingerprint density at radius 1 is 1.16 bits per heavy atom. The molecule has 0 spiro atoms. The van der Waals surface area contributed by atoms with Gasteiger partial charge in [-0.25, -0.2) is 0 Å². The highest BCUT2D eigenvalue weighted by molar-refractivity contribution is 5.90. The zero-order valence-electron chi connectivity index (χ0n) is 11.2. The van der Waals surface area contributed by atoms with Gasteiger partial charge in [-0.05, 0) is 31.5 Å². The Morgan fingerprint density at radius 3 is 2.37 bits per heavy atom. The van der Waals surface area contributed by atoms with Gasteiger partial charge in [-0.3, -0.25) is 9.69 Å². The first-order chi connectivity index (χ1) is 9.31. The highest BCUT2D eigenvalue weighted by Gasteiger charge is 2.22. The molecule has 0 aliphatic carbocycles. The van der Waals surface area contributed by atoms with Gasteiger partial charge in [0.05, 0.1) is 12.6 Å². The van der Waals surface area contributed by atoms with Crippen LogP contribution >= 0.6 is 0 Å². The molecule has 1 heterocycles. The van der Waals surface area contributed by atoms with E-state index in [0.29, 0.717) is 6.54 Å². The average Bonchev–Trinajstić information content (AvgIpc) is 2.69. The molecule has 1 saturated heterocycles. The average molecular weight is 256 g/mol. The highest BCUT2D eigenvalue weighted by atomic mass is 16.1. The number of ketones is 1. The number of Topliss-reactive ketones (excluding diaryl/α,β-unsaturated/α-hetero) is 1. The maximum Gasteiger partial charge on any atom is 0.168 e. The van der Waals surface area contributed by atoms with E-state index in [9.17, 15) is 10.1 Å². The van der Waals surface area contributed by atoms with Gasteiger partial charge in [0.1, 0.15) is 5.92 Å². The SMILES string of the molecule is N#C[C@@H](C(=O)CN1CCCCCC1)c1ccccc1. The largest absolute Gasteiger partial charge is 0.296 e. The third-order valence-electron chi connectivity index (χ3n) is 3.66. The summed E-state index contributed by atoms with van der Waals surface area (Å²) < 4.78 is 0. The van der Waals surface area contributed by atoms with E-state index in [1.165, 1.54) is 12.8 Å². The van der Waals surface area contributed by atoms with Crippen molar-refractivity contribution >= 4 is 5.78 Å². The zero-order valence-corrected chi connectivity index (χ0v) is 11.2. The molecule has 2 rings (SSSR count). The van der Waals surface area contributed by atoms with Crippen LogP contribution in [0.4, 0.5) is 0 Å². The minimum absolute atomic E-state index is 0.0237. The molecule has 1 aromatic rings. The third kappa shape index (κ3) is 3.90. The Balaban J connectivity index is 1.99. The van der Waals surface area contributed by atoms with E-state index in [2.05, 4.69) is 11.0 Å². The number of rotatable bonds is 4. The summed E-state index contributed by atoms with van der Waals surface area (Å²) in [5, 5.41) is 9.25. The van der Waals surface area contributed by atoms with Crippen molar-refractivity contribution in [1.82, 2.24) is 4.90 Å². The molecule has 3 nitrogen and oxygen atoms in total. The number of likely N-dealkylation sites (tertiary alicyclic amines) is 1. The van der Waals surface area contributed by atoms with E-state index in [0.717, 1.165) is 31.5 Å². The lowest BCUT2D eigenvalue weighted by molar-refractivity contribution is -0.120. The first kappa shape index (κ1) is 13.8. The Bertz CT molecular complexity index is 442. The van der Waals surface area contributed by atoms with Gasteiger partial charge in [0.2, 0.25) is 0 Å². The fourth-order valence-electron chi connectivity index (χ4n) is 2.58. The van der Waals surface area contributed by atoms with Gasteiger partial charge in [0.15, 0.2) is 5.78 Å². The van der Waals surface area contributed by atoms with Crippen LogP contribution in [-0.4, -0.2) is 30.3 Å². The summed E-state index contributed by atoms with van der Waals surface area (Å²) in [6.07, 6.45) is 4.84. The molecule has 100 valence electrons. The van der Waals surface area contributed by atoms with Crippen molar-refractivity contribution in [3.63, 3.8) is 0 Å². The quantitative estimate of drug-likeness (QED) is 0.832. The van der Waals surface area contributed by atoms with Crippen LogP contribution in [0.1, 0.15) is 37.2 Å². The molecule has 0 amide bonds. The molecule has 3 heteroatoms. The molecule has 0 unspecified atom stereocenters. The summed E-state index contributed by atoms with van der Waals surface area (Å²) in [4.78, 5) is 14.5. The molecule has 1 aliphatic heterocycles. The molecule has 1 fully saturated rings. The van der Waals surface area contributed by atoms with Crippen molar-refractivity contribution in [3.05, 3.63) is 35.9 Å². The van der Waals surface area contributed by atoms with Gasteiger partial charge < -0.3 is 0 Å². The van der Waals surface area contributed by atoms with Crippen LogP contribution < -0.4 is 0 Å². The fourth-order valence-corrected chi connectivity index (χ4v) is 2.58. The summed E-state index contributed by atoms with van der Waals surface area (Å²) >= 11 is 0. The first-order valence-corrected chi connectivity index (χ1v) is 7.01. The molecule has 1 aromatic carbocycles. The van der Waals surface area contributed by atoms with E-state index >= 15 is 0 Å². The van der Waals surface area contributed by atoms with Crippen molar-refractivity contribution < 1.29 is 4.79 Å². The standard InChI is InChI=1S/C16H20N2O/c17-12-15(14-8-4-3-5-9-14)16(19)13-18-10-6-1-2-7-11-18/h3-5,8-9,15H,1-2,6-7,10-11,13H2/t15-/m1/s1. The monoisotopic (exact) mass is 256 g/mol. The number of carbonyl (C=O) groups excluding carboxylic acids is 1. The van der Waals surface area contributed by atoms with Crippen LogP contribution in [0.15, 0.2) is 30.3 Å². The maximum atomic E-state index is 12.3. The molecule has 0 aromatic heterocycles. The molecular weight excluding hydrogens is 236 g/mol. The van der Waals surface area contributed by atoms with Crippen molar-refractivity contribution in [2.45, 2.75) is 31.6 Å². The summed E-state index contributed by atoms with van der Waals surface area (Å²) in [7, 11) is 0. The predicted octanol–water partition coefficient (Wildman–Crippen LogP) is 2.74. The van der Waals surface area contributed by atoms with Gasteiger partial charge in [0, 0.05) is 0 Å². The molecule has 0 bridgehead atoms. The Hall–Kier alpha value is -1.66. The van der Waals surface area contributed by atoms with Gasteiger partial charge in [-0.1, -0.05) is 43.2 Å². The lowest BCUT2D eigenvalue weighted by Gasteiger charge is -2.20. The number of hydrogen-bond acceptors (Lipinski definition) is 3. The molecule has 0 saturated carbocycles. The summed E-state index contributed by atoms with van der Waals surface area (Å²) in [5.41, 5.74) is 0.810. The van der Waals surface area contributed by atoms with Crippen LogP contribution in [0, 0.1) is 11.3 Å². The second-order valence-corrected chi connectivity index (χ2v) is 5.13. The van der Waals surface area contributed by atoms with Crippen molar-refractivity contribution in [2.75, 3.05) is 19.6 Å². The van der Waals surface area contributed by atoms with E-state index in [-0.39, 0.29) is 5.78 Å². The van der Waals surface area contributed by atoms with Crippen LogP contribution in [0.3, 0.4) is 0 Å². The van der Waals surface area contributed by atoms with Crippen LogP contribution in [0.5, 0.6) is 0 Å². The Morgan fingerprint density at radius 2 is 1.79 bits per heavy atom. The van der Waals surface area contributed by atoms with Gasteiger partial charge in [-0.15, -0.1) is 0 Å². The lowest BCUT2D eigenvalue weighted by atomic mass is 9.96. The predicted molar refractivity (Wildman–Crippen MR) is 74.7 cm³/mol. The second kappa shape index (κ2) is 7.06. The number of carbonyl (C=O) groups is 1. The Labute approximate surface area is 114 Å². The molecule has 1 aliphatic rings. The first-order valence-electron chi connectivity index (χ1n) is 7.01. The minimum atomic E-state index is -0.621. The van der Waals surface area contributed by atoms with Crippen LogP contribution in [0.2, 0.25) is 0 Å². The fraction of sp³-hybridized carbons (Fsp3) is 0.500. The van der Waals surface area contributed by atoms with E-state index in [1.807, 2.05) is 30.3 Å². The molecule has 0 radical (unpaired) electrons. The summed E-state index contributed by atoms with van der Waals surface area (Å²) in [6.45, 7) is 2.38. The van der Waals surface area contributed by atoms with Gasteiger partial charge in [-0.2, -0.15) is 5.26 Å². The summed E-state index contributed by atoms with van der Waals surface area (Å²) in [6, 6.07) is 11.5. The molecule has 19 heavy (non-hydrogen) atoms. The van der Waals surface area contributed by atoms with Crippen molar-refractivity contribution in [1.29, 1.82) is 5.26 Å². The van der Waals surface area contributed by atoms with Crippen LogP contribution in [0.25, 0.3) is 0 Å². The second-order valence-electron chi connectivity index (χ2n) is 5.13. The number of nitrogens with zero attached hydrogens (tertiary/aromatic N) is 2. The van der Waals surface area contributed by atoms with Gasteiger partial charge >= 0.3 is 0 Å². The number of benzene rings is 1. The third-order valence-corrected chi connectivity index (χ3v) is 3.66. The van der Waals surface area contributed by atoms with E-state index in [4.69, 9.17) is 0 Å². The lowest BCUT2D eigenvalue weighted by Crippen LogP contribution is -2.33. The Kier molecular flexibility index (Phi) is 5.11. The van der Waals surface area contributed by atoms with E-state index in [1.54, 1.807) is 0 Å². The smallest absolute Gasteiger partial charge is 0.168 e. The van der Waals surface area contributed by atoms with Gasteiger partial charge in [0.25, 0.3) is 0 Å². The molecule has 0 N–H and O–H groups in total. The maximum absolute atomic E-state index is 12.3. The molecular formula is C16H20N2O. The normalized spacial score (nSPS) is 18.3. The highest BCUT2D eigenvalue weighted by Crippen LogP contribution is 2.17.